The molecule has 146 valence electrons. The molecular weight excluding hydrogens is 352 g/mol. The highest BCUT2D eigenvalue weighted by atomic mass is 19.1. The third kappa shape index (κ3) is 5.07. The van der Waals surface area contributed by atoms with Crippen molar-refractivity contribution in [2.24, 2.45) is 5.92 Å². The monoisotopic (exact) mass is 379 g/mol. The second kappa shape index (κ2) is 9.64. The molecule has 0 saturated heterocycles. The summed E-state index contributed by atoms with van der Waals surface area (Å²) in [5.74, 6) is -0.0643. The van der Waals surface area contributed by atoms with Crippen molar-refractivity contribution in [3.05, 3.63) is 82.9 Å². The Kier molecular flexibility index (Phi) is 6.98. The lowest BCUT2D eigenvalue weighted by atomic mass is 9.77. The summed E-state index contributed by atoms with van der Waals surface area (Å²) in [5, 5.41) is 8.75. The molecule has 0 aliphatic heterocycles. The van der Waals surface area contributed by atoms with E-state index in [9.17, 15) is 8.78 Å². The summed E-state index contributed by atoms with van der Waals surface area (Å²) >= 11 is 0. The summed E-state index contributed by atoms with van der Waals surface area (Å²) in [6.45, 7) is 3.82. The van der Waals surface area contributed by atoms with E-state index in [0.717, 1.165) is 24.3 Å². The number of aryl methyl sites for hydroxylation is 2. The Morgan fingerprint density at radius 1 is 0.964 bits per heavy atom. The highest BCUT2D eigenvalue weighted by molar-refractivity contribution is 5.35. The molecule has 0 heterocycles. The van der Waals surface area contributed by atoms with Crippen molar-refractivity contribution in [2.75, 3.05) is 0 Å². The fourth-order valence-electron chi connectivity index (χ4n) is 4.26. The summed E-state index contributed by atoms with van der Waals surface area (Å²) < 4.78 is 27.4. The first-order valence-corrected chi connectivity index (χ1v) is 10.2. The molecule has 0 aromatic heterocycles. The lowest BCUT2D eigenvalue weighted by Crippen LogP contribution is -2.13. The molecule has 1 aliphatic carbocycles. The molecule has 3 rings (SSSR count). The van der Waals surface area contributed by atoms with Crippen molar-refractivity contribution >= 4 is 0 Å². The highest BCUT2D eigenvalue weighted by Gasteiger charge is 2.21. The van der Waals surface area contributed by atoms with Gasteiger partial charge in [-0.3, -0.25) is 0 Å². The molecule has 0 radical (unpaired) electrons. The number of hydrogen-bond donors (Lipinski definition) is 0. The molecule has 0 spiro atoms. The predicted octanol–water partition coefficient (Wildman–Crippen LogP) is 6.86. The number of allylic oxidation sites excluding steroid dienone is 1. The van der Waals surface area contributed by atoms with Gasteiger partial charge in [-0.25, -0.2) is 8.78 Å². The zero-order valence-electron chi connectivity index (χ0n) is 16.3. The van der Waals surface area contributed by atoms with Crippen LogP contribution in [-0.4, -0.2) is 0 Å². The van der Waals surface area contributed by atoms with Crippen LogP contribution in [0.25, 0.3) is 0 Å². The Bertz CT molecular complexity index is 817. The zero-order chi connectivity index (χ0) is 19.9. The van der Waals surface area contributed by atoms with Crippen LogP contribution in [0.1, 0.15) is 66.7 Å². The van der Waals surface area contributed by atoms with E-state index in [2.05, 4.69) is 30.8 Å². The van der Waals surface area contributed by atoms with E-state index in [1.54, 1.807) is 6.07 Å². The van der Waals surface area contributed by atoms with E-state index >= 15 is 0 Å². The van der Waals surface area contributed by atoms with Gasteiger partial charge in [0.25, 0.3) is 0 Å². The van der Waals surface area contributed by atoms with Crippen LogP contribution < -0.4 is 0 Å². The van der Waals surface area contributed by atoms with Crippen molar-refractivity contribution in [2.45, 2.75) is 57.3 Å². The van der Waals surface area contributed by atoms with Gasteiger partial charge in [0.1, 0.15) is 23.3 Å². The first-order chi connectivity index (χ1) is 13.6. The van der Waals surface area contributed by atoms with Gasteiger partial charge in [0.2, 0.25) is 0 Å². The average molecular weight is 379 g/mol. The Balaban J connectivity index is 1.54. The summed E-state index contributed by atoms with van der Waals surface area (Å²) in [4.78, 5) is 0. The number of benzene rings is 2. The summed E-state index contributed by atoms with van der Waals surface area (Å²) in [7, 11) is 0. The van der Waals surface area contributed by atoms with Crippen LogP contribution in [0.2, 0.25) is 0 Å². The van der Waals surface area contributed by atoms with Crippen LogP contribution in [-0.2, 0) is 12.8 Å². The van der Waals surface area contributed by atoms with E-state index < -0.39 is 17.2 Å². The van der Waals surface area contributed by atoms with Gasteiger partial charge in [-0.1, -0.05) is 30.3 Å². The minimum Gasteiger partial charge on any atom is -0.205 e. The van der Waals surface area contributed by atoms with E-state index in [0.29, 0.717) is 17.9 Å². The Morgan fingerprint density at radius 2 is 1.57 bits per heavy atom. The molecule has 3 heteroatoms. The molecule has 0 amide bonds. The number of hydrogen-bond acceptors (Lipinski definition) is 1. The van der Waals surface area contributed by atoms with Crippen molar-refractivity contribution in [3.8, 4) is 6.07 Å². The van der Waals surface area contributed by atoms with Crippen LogP contribution in [0.4, 0.5) is 8.78 Å². The molecule has 1 saturated carbocycles. The molecule has 2 aromatic carbocycles. The Morgan fingerprint density at radius 3 is 2.14 bits per heavy atom. The molecule has 0 unspecified atom stereocenters. The van der Waals surface area contributed by atoms with E-state index in [1.165, 1.54) is 49.8 Å². The molecule has 0 N–H and O–H groups in total. The van der Waals surface area contributed by atoms with Gasteiger partial charge in [0.05, 0.1) is 0 Å². The van der Waals surface area contributed by atoms with E-state index in [4.69, 9.17) is 5.26 Å². The summed E-state index contributed by atoms with van der Waals surface area (Å²) in [6.07, 6.45) is 10.8. The minimum absolute atomic E-state index is 0.507. The molecule has 0 atom stereocenters. The van der Waals surface area contributed by atoms with Crippen LogP contribution in [0.15, 0.2) is 49.1 Å². The summed E-state index contributed by atoms with van der Waals surface area (Å²) in [5.41, 5.74) is 2.64. The summed E-state index contributed by atoms with van der Waals surface area (Å²) in [6, 6.07) is 12.8. The topological polar surface area (TPSA) is 23.8 Å². The van der Waals surface area contributed by atoms with Gasteiger partial charge < -0.3 is 0 Å². The molecule has 1 aliphatic rings. The van der Waals surface area contributed by atoms with Crippen molar-refractivity contribution in [3.63, 3.8) is 0 Å². The molecule has 1 fully saturated rings. The Hall–Kier alpha value is -2.47. The third-order valence-electron chi connectivity index (χ3n) is 5.99. The average Bonchev–Trinajstić information content (AvgIpc) is 2.71. The number of nitrogens with zero attached hydrogens (tertiary/aromatic N) is 1. The number of nitriles is 1. The van der Waals surface area contributed by atoms with Gasteiger partial charge >= 0.3 is 0 Å². The Labute approximate surface area is 166 Å². The van der Waals surface area contributed by atoms with Crippen molar-refractivity contribution in [1.29, 1.82) is 5.26 Å². The largest absolute Gasteiger partial charge is 0.205 e. The second-order valence-electron chi connectivity index (χ2n) is 7.87. The maximum absolute atomic E-state index is 13.7. The van der Waals surface area contributed by atoms with Gasteiger partial charge in [-0.05, 0) is 92.0 Å². The van der Waals surface area contributed by atoms with Crippen molar-refractivity contribution in [1.82, 2.24) is 0 Å². The van der Waals surface area contributed by atoms with Gasteiger partial charge in [0, 0.05) is 0 Å². The molecule has 2 aromatic rings. The van der Waals surface area contributed by atoms with E-state index in [1.807, 2.05) is 6.08 Å². The fraction of sp³-hybridized carbons (Fsp3) is 0.400. The first-order valence-electron chi connectivity index (χ1n) is 10.2. The number of rotatable bonds is 7. The quantitative estimate of drug-likeness (QED) is 0.482. The zero-order valence-corrected chi connectivity index (χ0v) is 16.3. The molecule has 1 nitrogen and oxygen atoms in total. The predicted molar refractivity (Wildman–Crippen MR) is 109 cm³/mol. The third-order valence-corrected chi connectivity index (χ3v) is 5.99. The molecule has 0 bridgehead atoms. The fourth-order valence-corrected chi connectivity index (χ4v) is 4.26. The van der Waals surface area contributed by atoms with Crippen molar-refractivity contribution < 1.29 is 8.78 Å². The standard InChI is InChI=1S/C25H27F2N/c1-2-3-4-18-7-11-21(12-8-18)22-13-9-19(10-14-22)5-6-20-15-24(26)23(17-28)25(27)16-20/h2,9-10,13-16,18,21H,1,3-8,11-12H2. The van der Waals surface area contributed by atoms with E-state index in [-0.39, 0.29) is 0 Å². The lowest BCUT2D eigenvalue weighted by molar-refractivity contribution is 0.312. The van der Waals surface area contributed by atoms with Gasteiger partial charge in [0.15, 0.2) is 0 Å². The van der Waals surface area contributed by atoms with Gasteiger partial charge in [-0.15, -0.1) is 6.58 Å². The maximum atomic E-state index is 13.7. The maximum Gasteiger partial charge on any atom is 0.144 e. The SMILES string of the molecule is C=CCCC1CCC(c2ccc(CCc3cc(F)c(C#N)c(F)c3)cc2)CC1. The minimum atomic E-state index is -0.781. The van der Waals surface area contributed by atoms with Crippen LogP contribution in [0.5, 0.6) is 0 Å². The normalized spacial score (nSPS) is 19.2. The van der Waals surface area contributed by atoms with Crippen LogP contribution in [0, 0.1) is 28.9 Å². The molecular formula is C25H27F2N. The van der Waals surface area contributed by atoms with Gasteiger partial charge in [-0.2, -0.15) is 5.26 Å². The number of halogens is 2. The highest BCUT2D eigenvalue weighted by Crippen LogP contribution is 2.37. The lowest BCUT2D eigenvalue weighted by Gasteiger charge is -2.28. The second-order valence-corrected chi connectivity index (χ2v) is 7.87. The molecule has 28 heavy (non-hydrogen) atoms. The smallest absolute Gasteiger partial charge is 0.144 e. The first kappa shape index (κ1) is 20.3. The van der Waals surface area contributed by atoms with Crippen LogP contribution >= 0.6 is 0 Å². The van der Waals surface area contributed by atoms with Crippen LogP contribution in [0.3, 0.4) is 0 Å².